The van der Waals surface area contributed by atoms with E-state index in [4.69, 9.17) is 5.73 Å². The largest absolute Gasteiger partial charge is 0.368 e. The molecule has 3 nitrogen and oxygen atoms in total. The Bertz CT molecular complexity index is 451. The van der Waals surface area contributed by atoms with Gasteiger partial charge in [-0.15, -0.1) is 0 Å². The molecular formula is C14H17N3. The van der Waals surface area contributed by atoms with Crippen LogP contribution in [-0.2, 0) is 0 Å². The van der Waals surface area contributed by atoms with Crippen molar-refractivity contribution in [3.63, 3.8) is 0 Å². The zero-order chi connectivity index (χ0) is 12.1. The maximum absolute atomic E-state index is 6.08. The fourth-order valence-electron chi connectivity index (χ4n) is 1.60. The predicted octanol–water partition coefficient (Wildman–Crippen LogP) is 2.50. The van der Waals surface area contributed by atoms with Crippen molar-refractivity contribution in [3.8, 4) is 0 Å². The Kier molecular flexibility index (Phi) is 3.73. The minimum Gasteiger partial charge on any atom is -0.368 e. The van der Waals surface area contributed by atoms with Crippen LogP contribution in [-0.4, -0.2) is 11.5 Å². The van der Waals surface area contributed by atoms with Crippen LogP contribution >= 0.6 is 0 Å². The van der Waals surface area contributed by atoms with Gasteiger partial charge in [-0.05, 0) is 24.1 Å². The van der Waals surface area contributed by atoms with Gasteiger partial charge in [-0.1, -0.05) is 36.4 Å². The molecule has 17 heavy (non-hydrogen) atoms. The van der Waals surface area contributed by atoms with Crippen LogP contribution in [0.25, 0.3) is 0 Å². The highest BCUT2D eigenvalue weighted by Gasteiger charge is 2.04. The van der Waals surface area contributed by atoms with Crippen molar-refractivity contribution in [1.29, 1.82) is 0 Å². The number of aryl methyl sites for hydroxylation is 1. The number of hydrogen-bond donors (Lipinski definition) is 2. The Morgan fingerprint density at radius 1 is 1.18 bits per heavy atom. The first-order chi connectivity index (χ1) is 8.25. The van der Waals surface area contributed by atoms with Crippen molar-refractivity contribution in [2.75, 3.05) is 11.9 Å². The molecule has 1 aromatic heterocycles. The fourth-order valence-corrected chi connectivity index (χ4v) is 1.60. The van der Waals surface area contributed by atoms with E-state index >= 15 is 0 Å². The highest BCUT2D eigenvalue weighted by atomic mass is 15.0. The van der Waals surface area contributed by atoms with Gasteiger partial charge in [-0.2, -0.15) is 0 Å². The van der Waals surface area contributed by atoms with E-state index in [1.54, 1.807) is 0 Å². The smallest absolute Gasteiger partial charge is 0.125 e. The van der Waals surface area contributed by atoms with Gasteiger partial charge in [-0.3, -0.25) is 0 Å². The molecule has 2 rings (SSSR count). The van der Waals surface area contributed by atoms with E-state index in [9.17, 15) is 0 Å². The molecule has 0 radical (unpaired) electrons. The summed E-state index contributed by atoms with van der Waals surface area (Å²) in [5.41, 5.74) is 8.37. The topological polar surface area (TPSA) is 50.9 Å². The van der Waals surface area contributed by atoms with Gasteiger partial charge in [0.15, 0.2) is 0 Å². The Morgan fingerprint density at radius 3 is 2.59 bits per heavy atom. The van der Waals surface area contributed by atoms with Crippen LogP contribution < -0.4 is 11.1 Å². The molecule has 1 atom stereocenters. The molecule has 2 aromatic rings. The molecular weight excluding hydrogens is 210 g/mol. The molecule has 1 heterocycles. The molecule has 3 N–H and O–H groups in total. The highest BCUT2D eigenvalue weighted by Crippen LogP contribution is 2.11. The van der Waals surface area contributed by atoms with E-state index in [-0.39, 0.29) is 6.04 Å². The molecule has 0 aliphatic rings. The van der Waals surface area contributed by atoms with Crippen molar-refractivity contribution >= 4 is 5.82 Å². The third-order valence-corrected chi connectivity index (χ3v) is 2.64. The Hall–Kier alpha value is -1.87. The Labute approximate surface area is 102 Å². The monoisotopic (exact) mass is 227 g/mol. The summed E-state index contributed by atoms with van der Waals surface area (Å²) >= 11 is 0. The lowest BCUT2D eigenvalue weighted by atomic mass is 10.1. The minimum absolute atomic E-state index is 0.0145. The molecule has 3 heteroatoms. The van der Waals surface area contributed by atoms with E-state index in [0.29, 0.717) is 6.54 Å². The first kappa shape index (κ1) is 11.6. The average molecular weight is 227 g/mol. The standard InChI is InChI=1S/C14H17N3/c1-11-7-8-14(16-9-11)17-10-13(15)12-5-3-2-4-6-12/h2-9,13H,10,15H2,1H3,(H,16,17). The van der Waals surface area contributed by atoms with E-state index in [1.807, 2.05) is 55.6 Å². The van der Waals surface area contributed by atoms with Crippen LogP contribution in [0.4, 0.5) is 5.82 Å². The fraction of sp³-hybridized carbons (Fsp3) is 0.214. The maximum atomic E-state index is 6.08. The first-order valence-electron chi connectivity index (χ1n) is 5.73. The number of aromatic nitrogens is 1. The normalized spacial score (nSPS) is 12.1. The van der Waals surface area contributed by atoms with Crippen molar-refractivity contribution in [2.24, 2.45) is 5.73 Å². The summed E-state index contributed by atoms with van der Waals surface area (Å²) in [6.45, 7) is 2.70. The summed E-state index contributed by atoms with van der Waals surface area (Å²) in [4.78, 5) is 4.28. The molecule has 88 valence electrons. The van der Waals surface area contributed by atoms with Gasteiger partial charge in [0, 0.05) is 18.8 Å². The number of anilines is 1. The zero-order valence-electron chi connectivity index (χ0n) is 9.93. The van der Waals surface area contributed by atoms with Crippen LogP contribution in [0.15, 0.2) is 48.7 Å². The second-order valence-electron chi connectivity index (χ2n) is 4.12. The zero-order valence-corrected chi connectivity index (χ0v) is 9.93. The average Bonchev–Trinajstić information content (AvgIpc) is 2.39. The molecule has 1 aromatic carbocycles. The molecule has 0 bridgehead atoms. The molecule has 0 amide bonds. The quantitative estimate of drug-likeness (QED) is 0.843. The van der Waals surface area contributed by atoms with Gasteiger partial charge in [0.05, 0.1) is 0 Å². The Balaban J connectivity index is 1.92. The number of nitrogens with one attached hydrogen (secondary N) is 1. The van der Waals surface area contributed by atoms with E-state index < -0.39 is 0 Å². The summed E-state index contributed by atoms with van der Waals surface area (Å²) in [5.74, 6) is 0.863. The summed E-state index contributed by atoms with van der Waals surface area (Å²) in [6.07, 6.45) is 1.84. The minimum atomic E-state index is -0.0145. The van der Waals surface area contributed by atoms with Crippen molar-refractivity contribution < 1.29 is 0 Å². The van der Waals surface area contributed by atoms with Crippen molar-refractivity contribution in [1.82, 2.24) is 4.98 Å². The van der Waals surface area contributed by atoms with Gasteiger partial charge in [0.1, 0.15) is 5.82 Å². The third-order valence-electron chi connectivity index (χ3n) is 2.64. The SMILES string of the molecule is Cc1ccc(NCC(N)c2ccccc2)nc1. The molecule has 0 aliphatic carbocycles. The molecule has 0 spiro atoms. The van der Waals surface area contributed by atoms with Crippen LogP contribution in [0.1, 0.15) is 17.2 Å². The van der Waals surface area contributed by atoms with Crippen LogP contribution in [0.2, 0.25) is 0 Å². The number of nitrogens with two attached hydrogens (primary N) is 1. The van der Waals surface area contributed by atoms with Gasteiger partial charge < -0.3 is 11.1 Å². The second kappa shape index (κ2) is 5.46. The summed E-state index contributed by atoms with van der Waals surface area (Å²) in [7, 11) is 0. The lowest BCUT2D eigenvalue weighted by Gasteiger charge is -2.13. The summed E-state index contributed by atoms with van der Waals surface area (Å²) in [5, 5.41) is 3.23. The lowest BCUT2D eigenvalue weighted by molar-refractivity contribution is 0.762. The predicted molar refractivity (Wildman–Crippen MR) is 70.8 cm³/mol. The number of rotatable bonds is 4. The molecule has 0 fully saturated rings. The number of pyridine rings is 1. The molecule has 0 saturated carbocycles. The molecule has 0 aliphatic heterocycles. The summed E-state index contributed by atoms with van der Waals surface area (Å²) < 4.78 is 0. The number of nitrogens with zero attached hydrogens (tertiary/aromatic N) is 1. The number of benzene rings is 1. The third kappa shape index (κ3) is 3.29. The second-order valence-corrected chi connectivity index (χ2v) is 4.12. The lowest BCUT2D eigenvalue weighted by Crippen LogP contribution is -2.20. The van der Waals surface area contributed by atoms with Gasteiger partial charge in [0.2, 0.25) is 0 Å². The van der Waals surface area contributed by atoms with Crippen molar-refractivity contribution in [2.45, 2.75) is 13.0 Å². The van der Waals surface area contributed by atoms with E-state index in [2.05, 4.69) is 10.3 Å². The van der Waals surface area contributed by atoms with Gasteiger partial charge in [0.25, 0.3) is 0 Å². The Morgan fingerprint density at radius 2 is 1.94 bits per heavy atom. The van der Waals surface area contributed by atoms with Gasteiger partial charge in [-0.25, -0.2) is 4.98 Å². The summed E-state index contributed by atoms with van der Waals surface area (Å²) in [6, 6.07) is 14.0. The first-order valence-corrected chi connectivity index (χ1v) is 5.73. The molecule has 1 unspecified atom stereocenters. The van der Waals surface area contributed by atoms with Gasteiger partial charge >= 0.3 is 0 Å². The number of hydrogen-bond acceptors (Lipinski definition) is 3. The highest BCUT2D eigenvalue weighted by molar-refractivity contribution is 5.36. The van der Waals surface area contributed by atoms with Crippen LogP contribution in [0.3, 0.4) is 0 Å². The maximum Gasteiger partial charge on any atom is 0.125 e. The van der Waals surface area contributed by atoms with E-state index in [1.165, 1.54) is 0 Å². The van der Waals surface area contributed by atoms with Crippen LogP contribution in [0.5, 0.6) is 0 Å². The van der Waals surface area contributed by atoms with Crippen molar-refractivity contribution in [3.05, 3.63) is 59.8 Å². The molecule has 0 saturated heterocycles. The van der Waals surface area contributed by atoms with Crippen LogP contribution in [0, 0.1) is 6.92 Å². The van der Waals surface area contributed by atoms with E-state index in [0.717, 1.165) is 16.9 Å².